The van der Waals surface area contributed by atoms with E-state index in [0.29, 0.717) is 11.1 Å². The maximum absolute atomic E-state index is 14.3. The molecule has 2 rings (SSSR count). The summed E-state index contributed by atoms with van der Waals surface area (Å²) in [6, 6.07) is 12.3. The van der Waals surface area contributed by atoms with E-state index in [1.807, 2.05) is 31.2 Å². The molecule has 0 radical (unpaired) electrons. The highest BCUT2D eigenvalue weighted by atomic mass is 19.1. The highest BCUT2D eigenvalue weighted by Gasteiger charge is 2.11. The van der Waals surface area contributed by atoms with Crippen molar-refractivity contribution in [2.24, 2.45) is 5.73 Å². The molecule has 3 N–H and O–H groups in total. The van der Waals surface area contributed by atoms with E-state index in [9.17, 15) is 9.18 Å². The maximum Gasteiger partial charge on any atom is 0.217 e. The average Bonchev–Trinajstić information content (AvgIpc) is 2.45. The van der Waals surface area contributed by atoms with Gasteiger partial charge >= 0.3 is 0 Å². The normalized spacial score (nSPS) is 10.4. The molecule has 0 atom stereocenters. The Labute approximate surface area is 123 Å². The summed E-state index contributed by atoms with van der Waals surface area (Å²) in [5.41, 5.74) is 8.09. The van der Waals surface area contributed by atoms with Gasteiger partial charge in [-0.2, -0.15) is 0 Å². The number of halogens is 1. The van der Waals surface area contributed by atoms with Crippen LogP contribution in [0, 0.1) is 18.2 Å². The van der Waals surface area contributed by atoms with Crippen LogP contribution in [0.5, 0.6) is 0 Å². The summed E-state index contributed by atoms with van der Waals surface area (Å²) in [4.78, 5) is 10.7. The van der Waals surface area contributed by atoms with Crippen LogP contribution in [-0.4, -0.2) is 11.6 Å². The number of nitrogens with one attached hydrogen (secondary N) is 1. The number of amides is 1. The fourth-order valence-electron chi connectivity index (χ4n) is 2.19. The van der Waals surface area contributed by atoms with E-state index >= 15 is 0 Å². The van der Waals surface area contributed by atoms with Crippen molar-refractivity contribution in [3.05, 3.63) is 59.4 Å². The molecule has 2 aromatic carbocycles. The number of hydrogen-bond donors (Lipinski definition) is 2. The van der Waals surface area contributed by atoms with Crippen molar-refractivity contribution < 1.29 is 9.18 Å². The van der Waals surface area contributed by atoms with Crippen molar-refractivity contribution >= 4 is 11.6 Å². The summed E-state index contributed by atoms with van der Waals surface area (Å²) >= 11 is 0. The van der Waals surface area contributed by atoms with Gasteiger partial charge in [-0.05, 0) is 36.1 Å². The lowest BCUT2D eigenvalue weighted by atomic mass is 9.97. The Kier molecular flexibility index (Phi) is 4.48. The Morgan fingerprint density at radius 1 is 1.14 bits per heavy atom. The fourth-order valence-corrected chi connectivity index (χ4v) is 2.19. The van der Waals surface area contributed by atoms with Crippen molar-refractivity contribution in [1.29, 1.82) is 5.41 Å². The third-order valence-corrected chi connectivity index (χ3v) is 3.37. The van der Waals surface area contributed by atoms with Gasteiger partial charge in [0.05, 0.1) is 0 Å². The molecule has 0 fully saturated rings. The van der Waals surface area contributed by atoms with Crippen LogP contribution in [-0.2, 0) is 4.79 Å². The van der Waals surface area contributed by atoms with Crippen LogP contribution in [0.25, 0.3) is 11.1 Å². The number of aryl methyl sites for hydroxylation is 1. The van der Waals surface area contributed by atoms with Gasteiger partial charge in [0.25, 0.3) is 0 Å². The van der Waals surface area contributed by atoms with E-state index in [0.717, 1.165) is 11.1 Å². The molecule has 4 heteroatoms. The molecular weight excluding hydrogens is 267 g/mol. The molecule has 2 aromatic rings. The third kappa shape index (κ3) is 3.54. The van der Waals surface area contributed by atoms with Gasteiger partial charge in [0.1, 0.15) is 5.82 Å². The molecule has 0 aliphatic rings. The van der Waals surface area contributed by atoms with Gasteiger partial charge in [-0.25, -0.2) is 4.39 Å². The molecule has 0 saturated heterocycles. The van der Waals surface area contributed by atoms with E-state index < -0.39 is 5.91 Å². The monoisotopic (exact) mass is 284 g/mol. The zero-order valence-corrected chi connectivity index (χ0v) is 11.8. The smallest absolute Gasteiger partial charge is 0.217 e. The van der Waals surface area contributed by atoms with Gasteiger partial charge in [0, 0.05) is 17.7 Å². The summed E-state index contributed by atoms with van der Waals surface area (Å²) < 4.78 is 14.3. The lowest BCUT2D eigenvalue weighted by Gasteiger charge is -2.09. The van der Waals surface area contributed by atoms with Crippen molar-refractivity contribution in [2.45, 2.75) is 19.8 Å². The number of carbonyl (C=O) groups excluding carboxylic acids is 1. The first kappa shape index (κ1) is 14.9. The molecule has 0 aliphatic carbocycles. The number of carbonyl (C=O) groups is 1. The minimum absolute atomic E-state index is 0.0972. The summed E-state index contributed by atoms with van der Waals surface area (Å²) in [5, 5.41) is 7.86. The van der Waals surface area contributed by atoms with Gasteiger partial charge < -0.3 is 11.1 Å². The second-order valence-corrected chi connectivity index (χ2v) is 4.95. The highest BCUT2D eigenvalue weighted by molar-refractivity contribution is 6.00. The minimum Gasteiger partial charge on any atom is -0.370 e. The molecule has 0 spiro atoms. The average molecular weight is 284 g/mol. The van der Waals surface area contributed by atoms with Gasteiger partial charge in [-0.3, -0.25) is 4.79 Å². The summed E-state index contributed by atoms with van der Waals surface area (Å²) in [6.07, 6.45) is 0.318. The standard InChI is InChI=1S/C17H17FN2O/c1-11-4-2-3-5-13(11)14-7-6-12(10-15(14)18)16(19)8-9-17(20)21/h2-7,10,19H,8-9H2,1H3,(H2,20,21). The highest BCUT2D eigenvalue weighted by Crippen LogP contribution is 2.26. The van der Waals surface area contributed by atoms with Gasteiger partial charge in [0.15, 0.2) is 0 Å². The lowest BCUT2D eigenvalue weighted by Crippen LogP contribution is -2.12. The zero-order chi connectivity index (χ0) is 15.4. The second-order valence-electron chi connectivity index (χ2n) is 4.95. The molecule has 0 bridgehead atoms. The first-order valence-corrected chi connectivity index (χ1v) is 6.70. The second kappa shape index (κ2) is 6.31. The summed E-state index contributed by atoms with van der Waals surface area (Å²) in [6.45, 7) is 1.93. The zero-order valence-electron chi connectivity index (χ0n) is 11.8. The van der Waals surface area contributed by atoms with Crippen molar-refractivity contribution in [3.63, 3.8) is 0 Å². The van der Waals surface area contributed by atoms with Gasteiger partial charge in [0.2, 0.25) is 5.91 Å². The Bertz CT molecular complexity index is 695. The molecular formula is C17H17FN2O. The molecule has 108 valence electrons. The van der Waals surface area contributed by atoms with Crippen LogP contribution in [0.15, 0.2) is 42.5 Å². The summed E-state index contributed by atoms with van der Waals surface area (Å²) in [5.74, 6) is -0.831. The van der Waals surface area contributed by atoms with Crippen LogP contribution in [0.4, 0.5) is 4.39 Å². The lowest BCUT2D eigenvalue weighted by molar-refractivity contribution is -0.117. The van der Waals surface area contributed by atoms with Crippen molar-refractivity contribution in [3.8, 4) is 11.1 Å². The maximum atomic E-state index is 14.3. The number of rotatable bonds is 5. The quantitative estimate of drug-likeness (QED) is 0.811. The topological polar surface area (TPSA) is 66.9 Å². The van der Waals surface area contributed by atoms with Crippen LogP contribution >= 0.6 is 0 Å². The predicted molar refractivity (Wildman–Crippen MR) is 81.8 cm³/mol. The molecule has 21 heavy (non-hydrogen) atoms. The van der Waals surface area contributed by atoms with Gasteiger partial charge in [-0.1, -0.05) is 36.4 Å². The predicted octanol–water partition coefficient (Wildman–Crippen LogP) is 3.43. The minimum atomic E-state index is -0.461. The van der Waals surface area contributed by atoms with Gasteiger partial charge in [-0.15, -0.1) is 0 Å². The van der Waals surface area contributed by atoms with Crippen molar-refractivity contribution in [1.82, 2.24) is 0 Å². The van der Waals surface area contributed by atoms with Crippen LogP contribution in [0.3, 0.4) is 0 Å². The van der Waals surface area contributed by atoms with Crippen molar-refractivity contribution in [2.75, 3.05) is 0 Å². The molecule has 1 amide bonds. The van der Waals surface area contributed by atoms with E-state index in [2.05, 4.69) is 0 Å². The Balaban J connectivity index is 2.28. The number of primary amides is 1. The van der Waals surface area contributed by atoms with Crippen LogP contribution in [0.2, 0.25) is 0 Å². The summed E-state index contributed by atoms with van der Waals surface area (Å²) in [7, 11) is 0. The molecule has 0 saturated carbocycles. The molecule has 0 unspecified atom stereocenters. The van der Waals surface area contributed by atoms with Crippen LogP contribution < -0.4 is 5.73 Å². The SMILES string of the molecule is Cc1ccccc1-c1ccc(C(=N)CCC(N)=O)cc1F. The number of hydrogen-bond acceptors (Lipinski definition) is 2. The molecule has 0 aromatic heterocycles. The van der Waals surface area contributed by atoms with E-state index in [4.69, 9.17) is 11.1 Å². The number of nitrogens with two attached hydrogens (primary N) is 1. The molecule has 0 aliphatic heterocycles. The fraction of sp³-hybridized carbons (Fsp3) is 0.176. The first-order valence-electron chi connectivity index (χ1n) is 6.70. The van der Waals surface area contributed by atoms with Crippen LogP contribution in [0.1, 0.15) is 24.0 Å². The Morgan fingerprint density at radius 3 is 2.48 bits per heavy atom. The van der Waals surface area contributed by atoms with E-state index in [1.54, 1.807) is 12.1 Å². The largest absolute Gasteiger partial charge is 0.370 e. The Morgan fingerprint density at radius 2 is 1.86 bits per heavy atom. The molecule has 3 nitrogen and oxygen atoms in total. The van der Waals surface area contributed by atoms with E-state index in [1.165, 1.54) is 6.07 Å². The molecule has 0 heterocycles. The number of benzene rings is 2. The first-order chi connectivity index (χ1) is 9.99. The third-order valence-electron chi connectivity index (χ3n) is 3.37. The van der Waals surface area contributed by atoms with E-state index in [-0.39, 0.29) is 24.4 Å². The Hall–Kier alpha value is -2.49.